The molecule has 0 amide bonds. The van der Waals surface area contributed by atoms with E-state index in [2.05, 4.69) is 13.8 Å². The Bertz CT molecular complexity index is 346. The third-order valence-corrected chi connectivity index (χ3v) is 5.34. The molecule has 1 N–H and O–H groups in total. The van der Waals surface area contributed by atoms with Crippen molar-refractivity contribution in [2.24, 2.45) is 11.8 Å². The Labute approximate surface area is 111 Å². The lowest BCUT2D eigenvalue weighted by Gasteiger charge is -2.36. The van der Waals surface area contributed by atoms with Crippen LogP contribution < -0.4 is 0 Å². The zero-order valence-electron chi connectivity index (χ0n) is 11.8. The van der Waals surface area contributed by atoms with Gasteiger partial charge in [-0.3, -0.25) is 0 Å². The summed E-state index contributed by atoms with van der Waals surface area (Å²) in [5, 5.41) is 9.23. The van der Waals surface area contributed by atoms with Crippen molar-refractivity contribution < 1.29 is 13.5 Å². The van der Waals surface area contributed by atoms with E-state index in [9.17, 15) is 13.5 Å². The number of hydrogen-bond acceptors (Lipinski definition) is 3. The second-order valence-electron chi connectivity index (χ2n) is 5.73. The lowest BCUT2D eigenvalue weighted by Crippen LogP contribution is -2.48. The lowest BCUT2D eigenvalue weighted by molar-refractivity contribution is 0.172. The molecule has 1 heterocycles. The van der Waals surface area contributed by atoms with E-state index in [0.29, 0.717) is 37.9 Å². The van der Waals surface area contributed by atoms with Crippen LogP contribution in [0.3, 0.4) is 0 Å². The summed E-state index contributed by atoms with van der Waals surface area (Å²) in [7, 11) is -1.78. The summed E-state index contributed by atoms with van der Waals surface area (Å²) in [6, 6.07) is 0. The SMILES string of the molecule is CC(O)CCN(C)S(=O)(=O)N1CC(C)CC(C)C1. The molecule has 1 rings (SSSR count). The van der Waals surface area contributed by atoms with E-state index in [-0.39, 0.29) is 0 Å². The van der Waals surface area contributed by atoms with Crippen molar-refractivity contribution >= 4 is 10.2 Å². The molecule has 1 saturated heterocycles. The lowest BCUT2D eigenvalue weighted by atomic mass is 9.94. The maximum absolute atomic E-state index is 12.4. The van der Waals surface area contributed by atoms with Gasteiger partial charge in [0.25, 0.3) is 10.2 Å². The average Bonchev–Trinajstić information content (AvgIpc) is 2.24. The monoisotopic (exact) mass is 278 g/mol. The van der Waals surface area contributed by atoms with Gasteiger partial charge in [-0.1, -0.05) is 13.8 Å². The van der Waals surface area contributed by atoms with Gasteiger partial charge < -0.3 is 5.11 Å². The second-order valence-corrected chi connectivity index (χ2v) is 7.77. The minimum atomic E-state index is -3.37. The second kappa shape index (κ2) is 6.32. The quantitative estimate of drug-likeness (QED) is 0.813. The highest BCUT2D eigenvalue weighted by molar-refractivity contribution is 7.86. The molecule has 1 aliphatic rings. The van der Waals surface area contributed by atoms with E-state index < -0.39 is 16.3 Å². The zero-order valence-corrected chi connectivity index (χ0v) is 12.7. The summed E-state index contributed by atoms with van der Waals surface area (Å²) >= 11 is 0. The van der Waals surface area contributed by atoms with Crippen LogP contribution in [0.1, 0.15) is 33.6 Å². The van der Waals surface area contributed by atoms with Crippen molar-refractivity contribution in [2.75, 3.05) is 26.7 Å². The predicted octanol–water partition coefficient (Wildman–Crippen LogP) is 0.912. The number of nitrogens with zero attached hydrogens (tertiary/aromatic N) is 2. The molecule has 0 aromatic rings. The minimum Gasteiger partial charge on any atom is -0.393 e. The molecule has 18 heavy (non-hydrogen) atoms. The van der Waals surface area contributed by atoms with E-state index in [0.717, 1.165) is 6.42 Å². The third kappa shape index (κ3) is 4.19. The van der Waals surface area contributed by atoms with E-state index in [1.54, 1.807) is 18.3 Å². The van der Waals surface area contributed by atoms with Crippen molar-refractivity contribution in [3.8, 4) is 0 Å². The van der Waals surface area contributed by atoms with Crippen molar-refractivity contribution in [3.05, 3.63) is 0 Å². The maximum Gasteiger partial charge on any atom is 0.281 e. The van der Waals surface area contributed by atoms with Gasteiger partial charge in [-0.15, -0.1) is 0 Å². The molecule has 108 valence electrons. The van der Waals surface area contributed by atoms with Crippen LogP contribution >= 0.6 is 0 Å². The van der Waals surface area contributed by atoms with E-state index in [1.807, 2.05) is 0 Å². The standard InChI is InChI=1S/C12H26N2O3S/c1-10-7-11(2)9-14(8-10)18(16,17)13(4)6-5-12(3)15/h10-12,15H,5-9H2,1-4H3. The maximum atomic E-state index is 12.4. The van der Waals surface area contributed by atoms with Crippen LogP contribution in [0.15, 0.2) is 0 Å². The first-order chi connectivity index (χ1) is 8.23. The first-order valence-corrected chi connectivity index (χ1v) is 8.02. The molecule has 5 nitrogen and oxygen atoms in total. The van der Waals surface area contributed by atoms with Crippen molar-refractivity contribution in [3.63, 3.8) is 0 Å². The first kappa shape index (κ1) is 15.9. The first-order valence-electron chi connectivity index (χ1n) is 6.63. The van der Waals surface area contributed by atoms with Gasteiger partial charge in [-0.25, -0.2) is 0 Å². The highest BCUT2D eigenvalue weighted by Gasteiger charge is 2.32. The Morgan fingerprint density at radius 2 is 1.83 bits per heavy atom. The van der Waals surface area contributed by atoms with Crippen LogP contribution in [-0.2, 0) is 10.2 Å². The van der Waals surface area contributed by atoms with Crippen LogP contribution in [-0.4, -0.2) is 54.9 Å². The average molecular weight is 278 g/mol. The van der Waals surface area contributed by atoms with Crippen LogP contribution in [0.2, 0.25) is 0 Å². The summed E-state index contributed by atoms with van der Waals surface area (Å²) in [6.07, 6.45) is 1.08. The van der Waals surface area contributed by atoms with Crippen LogP contribution in [0.4, 0.5) is 0 Å². The van der Waals surface area contributed by atoms with Gasteiger partial charge in [-0.05, 0) is 31.6 Å². The van der Waals surface area contributed by atoms with E-state index in [1.165, 1.54) is 4.31 Å². The molecule has 3 atom stereocenters. The molecule has 1 aliphatic heterocycles. The summed E-state index contributed by atoms with van der Waals surface area (Å²) < 4.78 is 27.6. The highest BCUT2D eigenvalue weighted by atomic mass is 32.2. The summed E-state index contributed by atoms with van der Waals surface area (Å²) in [5.74, 6) is 0.822. The molecule has 0 saturated carbocycles. The molecule has 0 spiro atoms. The number of aliphatic hydroxyl groups excluding tert-OH is 1. The van der Waals surface area contributed by atoms with Gasteiger partial charge in [0.05, 0.1) is 6.10 Å². The molecule has 0 aliphatic carbocycles. The Morgan fingerprint density at radius 3 is 2.28 bits per heavy atom. The van der Waals surface area contributed by atoms with Gasteiger partial charge in [-0.2, -0.15) is 17.0 Å². The summed E-state index contributed by atoms with van der Waals surface area (Å²) in [5.41, 5.74) is 0. The van der Waals surface area contributed by atoms with Crippen molar-refractivity contribution in [2.45, 2.75) is 39.7 Å². The fourth-order valence-corrected chi connectivity index (χ4v) is 4.09. The topological polar surface area (TPSA) is 60.9 Å². The number of piperidine rings is 1. The molecule has 0 radical (unpaired) electrons. The molecule has 1 fully saturated rings. The van der Waals surface area contributed by atoms with E-state index in [4.69, 9.17) is 0 Å². The van der Waals surface area contributed by atoms with Crippen LogP contribution in [0.5, 0.6) is 0 Å². The number of aliphatic hydroxyl groups is 1. The van der Waals surface area contributed by atoms with Gasteiger partial charge in [0, 0.05) is 26.7 Å². The van der Waals surface area contributed by atoms with Gasteiger partial charge in [0.15, 0.2) is 0 Å². The third-order valence-electron chi connectivity index (χ3n) is 3.42. The molecule has 0 bridgehead atoms. The van der Waals surface area contributed by atoms with Gasteiger partial charge in [0.1, 0.15) is 0 Å². The van der Waals surface area contributed by atoms with Crippen molar-refractivity contribution in [1.29, 1.82) is 0 Å². The normalized spacial score (nSPS) is 28.6. The molecule has 3 unspecified atom stereocenters. The summed E-state index contributed by atoms with van der Waals surface area (Å²) in [6.45, 7) is 7.42. The molecule has 0 aromatic heterocycles. The Morgan fingerprint density at radius 1 is 1.33 bits per heavy atom. The fraction of sp³-hybridized carbons (Fsp3) is 1.00. The highest BCUT2D eigenvalue weighted by Crippen LogP contribution is 2.24. The smallest absolute Gasteiger partial charge is 0.281 e. The van der Waals surface area contributed by atoms with Crippen LogP contribution in [0.25, 0.3) is 0 Å². The largest absolute Gasteiger partial charge is 0.393 e. The van der Waals surface area contributed by atoms with Gasteiger partial charge >= 0.3 is 0 Å². The number of rotatable bonds is 5. The van der Waals surface area contributed by atoms with E-state index >= 15 is 0 Å². The number of hydrogen-bond donors (Lipinski definition) is 1. The Hall–Kier alpha value is -0.170. The zero-order chi connectivity index (χ0) is 13.9. The van der Waals surface area contributed by atoms with Crippen molar-refractivity contribution in [1.82, 2.24) is 8.61 Å². The predicted molar refractivity (Wildman–Crippen MR) is 72.4 cm³/mol. The van der Waals surface area contributed by atoms with Gasteiger partial charge in [0.2, 0.25) is 0 Å². The Balaban J connectivity index is 2.67. The summed E-state index contributed by atoms with van der Waals surface area (Å²) in [4.78, 5) is 0. The Kier molecular flexibility index (Phi) is 5.58. The molecular formula is C12H26N2O3S. The van der Waals surface area contributed by atoms with Crippen LogP contribution in [0, 0.1) is 11.8 Å². The minimum absolute atomic E-state index is 0.360. The molecular weight excluding hydrogens is 252 g/mol. The fourth-order valence-electron chi connectivity index (χ4n) is 2.48. The molecule has 6 heteroatoms. The molecule has 0 aromatic carbocycles.